The van der Waals surface area contributed by atoms with Crippen molar-refractivity contribution in [3.05, 3.63) is 40.2 Å². The largest absolute Gasteiger partial charge is 0.506 e. The number of halogens is 2. The molecule has 0 bridgehead atoms. The Bertz CT molecular complexity index is 702. The van der Waals surface area contributed by atoms with E-state index in [9.17, 15) is 14.3 Å². The summed E-state index contributed by atoms with van der Waals surface area (Å²) < 4.78 is 13.4. The number of aromatic amines is 1. The van der Waals surface area contributed by atoms with Gasteiger partial charge in [0.15, 0.2) is 5.82 Å². The predicted molar refractivity (Wildman–Crippen MR) is 79.2 cm³/mol. The number of H-pyrrole nitrogens is 1. The van der Waals surface area contributed by atoms with Crippen LogP contribution < -0.4 is 5.32 Å². The highest BCUT2D eigenvalue weighted by Gasteiger charge is 2.25. The van der Waals surface area contributed by atoms with E-state index >= 15 is 0 Å². The lowest BCUT2D eigenvalue weighted by atomic mass is 10.0. The van der Waals surface area contributed by atoms with Gasteiger partial charge in [-0.3, -0.25) is 9.89 Å². The van der Waals surface area contributed by atoms with Crippen LogP contribution in [0.4, 0.5) is 4.39 Å². The zero-order valence-corrected chi connectivity index (χ0v) is 13.1. The second-order valence-electron chi connectivity index (χ2n) is 5.26. The molecule has 1 aromatic heterocycles. The molecule has 0 aliphatic carbocycles. The summed E-state index contributed by atoms with van der Waals surface area (Å²) in [6.07, 6.45) is 0. The van der Waals surface area contributed by atoms with Crippen molar-refractivity contribution in [2.45, 2.75) is 26.8 Å². The topological polar surface area (TPSA) is 90.9 Å². The fourth-order valence-electron chi connectivity index (χ4n) is 1.99. The third kappa shape index (κ3) is 3.36. The average Bonchev–Trinajstić information content (AvgIpc) is 2.85. The Morgan fingerprint density at radius 1 is 1.45 bits per heavy atom. The molecule has 1 atom stereocenters. The minimum atomic E-state index is -0.706. The van der Waals surface area contributed by atoms with Gasteiger partial charge in [0.1, 0.15) is 17.4 Å². The van der Waals surface area contributed by atoms with E-state index in [4.69, 9.17) is 11.6 Å². The molecule has 0 aliphatic rings. The lowest BCUT2D eigenvalue weighted by Crippen LogP contribution is -2.32. The standard InChI is InChI=1S/C14H16ClFN4O2/c1-6(2)11(13-17-7(3)19-20-13)18-14(22)9-4-8(16)5-10(15)12(9)21/h4-6,11,21H,1-3H3,(H,18,22)(H,17,19,20)/t11-/m0/s1. The minimum Gasteiger partial charge on any atom is -0.506 e. The number of aromatic nitrogens is 3. The van der Waals surface area contributed by atoms with Gasteiger partial charge in [-0.15, -0.1) is 0 Å². The highest BCUT2D eigenvalue weighted by atomic mass is 35.5. The summed E-state index contributed by atoms with van der Waals surface area (Å²) in [7, 11) is 0. The van der Waals surface area contributed by atoms with Crippen molar-refractivity contribution in [3.63, 3.8) is 0 Å². The molecule has 1 amide bonds. The van der Waals surface area contributed by atoms with Crippen molar-refractivity contribution in [2.75, 3.05) is 0 Å². The molecule has 0 fully saturated rings. The summed E-state index contributed by atoms with van der Waals surface area (Å²) in [5, 5.41) is 19.0. The molecule has 0 radical (unpaired) electrons. The van der Waals surface area contributed by atoms with Crippen LogP contribution in [0.15, 0.2) is 12.1 Å². The van der Waals surface area contributed by atoms with Gasteiger partial charge in [0.25, 0.3) is 5.91 Å². The van der Waals surface area contributed by atoms with Crippen LogP contribution in [-0.4, -0.2) is 26.2 Å². The van der Waals surface area contributed by atoms with Crippen molar-refractivity contribution in [1.82, 2.24) is 20.5 Å². The molecule has 0 saturated carbocycles. The summed E-state index contributed by atoms with van der Waals surface area (Å²) >= 11 is 5.68. The van der Waals surface area contributed by atoms with E-state index < -0.39 is 23.5 Å². The molecule has 0 spiro atoms. The van der Waals surface area contributed by atoms with Crippen LogP contribution >= 0.6 is 11.6 Å². The van der Waals surface area contributed by atoms with Gasteiger partial charge in [0.2, 0.25) is 0 Å². The molecule has 1 aromatic carbocycles. The van der Waals surface area contributed by atoms with Gasteiger partial charge in [-0.05, 0) is 25.0 Å². The highest BCUT2D eigenvalue weighted by molar-refractivity contribution is 6.32. The average molecular weight is 327 g/mol. The second kappa shape index (κ2) is 6.31. The third-order valence-corrected chi connectivity index (χ3v) is 3.41. The molecule has 118 valence electrons. The maximum absolute atomic E-state index is 13.4. The number of hydrogen-bond donors (Lipinski definition) is 3. The number of hydrogen-bond acceptors (Lipinski definition) is 4. The van der Waals surface area contributed by atoms with Gasteiger partial charge in [-0.2, -0.15) is 5.10 Å². The first-order valence-electron chi connectivity index (χ1n) is 6.67. The number of amides is 1. The molecule has 2 aromatic rings. The number of rotatable bonds is 4. The van der Waals surface area contributed by atoms with Gasteiger partial charge in [-0.25, -0.2) is 9.37 Å². The monoisotopic (exact) mass is 326 g/mol. The fourth-order valence-corrected chi connectivity index (χ4v) is 2.19. The number of benzene rings is 1. The number of phenols is 1. The second-order valence-corrected chi connectivity index (χ2v) is 5.67. The Morgan fingerprint density at radius 2 is 2.14 bits per heavy atom. The number of phenolic OH excluding ortho intramolecular Hbond substituents is 1. The lowest BCUT2D eigenvalue weighted by molar-refractivity contribution is 0.0920. The van der Waals surface area contributed by atoms with Crippen molar-refractivity contribution >= 4 is 17.5 Å². The minimum absolute atomic E-state index is 0.00896. The van der Waals surface area contributed by atoms with E-state index in [1.165, 1.54) is 0 Å². The molecule has 1 heterocycles. The number of nitrogens with one attached hydrogen (secondary N) is 2. The molecule has 2 rings (SSSR count). The molecular weight excluding hydrogens is 311 g/mol. The molecule has 8 heteroatoms. The number of nitrogens with zero attached hydrogens (tertiary/aromatic N) is 2. The Hall–Kier alpha value is -2.15. The molecule has 0 saturated heterocycles. The van der Waals surface area contributed by atoms with E-state index in [2.05, 4.69) is 20.5 Å². The summed E-state index contributed by atoms with van der Waals surface area (Å²) in [4.78, 5) is 16.5. The first kappa shape index (κ1) is 16.2. The molecule has 0 unspecified atom stereocenters. The van der Waals surface area contributed by atoms with Gasteiger partial charge < -0.3 is 10.4 Å². The van der Waals surface area contributed by atoms with Crippen molar-refractivity contribution < 1.29 is 14.3 Å². The summed E-state index contributed by atoms with van der Waals surface area (Å²) in [5.74, 6) is -0.795. The van der Waals surface area contributed by atoms with Crippen LogP contribution in [0, 0.1) is 18.7 Å². The third-order valence-electron chi connectivity index (χ3n) is 3.12. The van der Waals surface area contributed by atoms with E-state index in [1.54, 1.807) is 6.92 Å². The Balaban J connectivity index is 2.29. The van der Waals surface area contributed by atoms with Crippen molar-refractivity contribution in [3.8, 4) is 5.75 Å². The smallest absolute Gasteiger partial charge is 0.255 e. The molecule has 0 aliphatic heterocycles. The quantitative estimate of drug-likeness (QED) is 0.805. The predicted octanol–water partition coefficient (Wildman–Crippen LogP) is 2.74. The van der Waals surface area contributed by atoms with Crippen LogP contribution in [0.3, 0.4) is 0 Å². The van der Waals surface area contributed by atoms with E-state index in [1.807, 2.05) is 13.8 Å². The Kier molecular flexibility index (Phi) is 4.65. The van der Waals surface area contributed by atoms with Crippen LogP contribution in [-0.2, 0) is 0 Å². The summed E-state index contributed by atoms with van der Waals surface area (Å²) in [6.45, 7) is 5.51. The maximum Gasteiger partial charge on any atom is 0.255 e. The van der Waals surface area contributed by atoms with Gasteiger partial charge in [0.05, 0.1) is 16.6 Å². The first-order valence-corrected chi connectivity index (χ1v) is 7.05. The summed E-state index contributed by atoms with van der Waals surface area (Å²) in [6, 6.07) is 1.38. The van der Waals surface area contributed by atoms with E-state index in [-0.39, 0.29) is 16.5 Å². The lowest BCUT2D eigenvalue weighted by Gasteiger charge is -2.20. The van der Waals surface area contributed by atoms with Crippen LogP contribution in [0.2, 0.25) is 5.02 Å². The fraction of sp³-hybridized carbons (Fsp3) is 0.357. The number of carbonyl (C=O) groups excluding carboxylic acids is 1. The van der Waals surface area contributed by atoms with Crippen molar-refractivity contribution in [1.29, 1.82) is 0 Å². The normalized spacial score (nSPS) is 12.5. The molecular formula is C14H16ClFN4O2. The molecule has 22 heavy (non-hydrogen) atoms. The maximum atomic E-state index is 13.4. The van der Waals surface area contributed by atoms with Crippen LogP contribution in [0.1, 0.15) is 41.9 Å². The van der Waals surface area contributed by atoms with Gasteiger partial charge in [-0.1, -0.05) is 25.4 Å². The first-order chi connectivity index (χ1) is 10.3. The number of aryl methyl sites for hydroxylation is 1. The van der Waals surface area contributed by atoms with E-state index in [0.717, 1.165) is 12.1 Å². The van der Waals surface area contributed by atoms with Gasteiger partial charge in [0, 0.05) is 0 Å². The summed E-state index contributed by atoms with van der Waals surface area (Å²) in [5.41, 5.74) is -0.233. The van der Waals surface area contributed by atoms with Crippen LogP contribution in [0.5, 0.6) is 5.75 Å². The SMILES string of the molecule is Cc1nc([C@@H](NC(=O)c2cc(F)cc(Cl)c2O)C(C)C)n[nH]1. The Labute approximate surface area is 131 Å². The molecule has 3 N–H and O–H groups in total. The van der Waals surface area contributed by atoms with E-state index in [0.29, 0.717) is 11.6 Å². The highest BCUT2D eigenvalue weighted by Crippen LogP contribution is 2.29. The Morgan fingerprint density at radius 3 is 2.68 bits per heavy atom. The zero-order chi connectivity index (χ0) is 16.4. The van der Waals surface area contributed by atoms with Gasteiger partial charge >= 0.3 is 0 Å². The number of aromatic hydroxyl groups is 1. The zero-order valence-electron chi connectivity index (χ0n) is 12.3. The van der Waals surface area contributed by atoms with Crippen LogP contribution in [0.25, 0.3) is 0 Å². The molecule has 6 nitrogen and oxygen atoms in total. The van der Waals surface area contributed by atoms with Crippen molar-refractivity contribution in [2.24, 2.45) is 5.92 Å². The number of carbonyl (C=O) groups is 1.